The number of anilines is 2. The Hall–Kier alpha value is -4.02. The molecule has 0 atom stereocenters. The maximum absolute atomic E-state index is 13.9. The van der Waals surface area contributed by atoms with Crippen LogP contribution in [-0.2, 0) is 16.2 Å². The van der Waals surface area contributed by atoms with Crippen LogP contribution in [0.2, 0.25) is 0 Å². The van der Waals surface area contributed by atoms with Gasteiger partial charge in [0.15, 0.2) is 16.6 Å². The minimum atomic E-state index is -0.494. The number of para-hydroxylation sites is 2. The minimum absolute atomic E-state index is 0.0153. The Kier molecular flexibility index (Phi) is 9.03. The largest absolute Gasteiger partial charge is 0.490 e. The van der Waals surface area contributed by atoms with Crippen molar-refractivity contribution in [3.05, 3.63) is 122 Å². The number of halogens is 1. The molecular weight excluding hydrogens is 659 g/mol. The number of amides is 2. The first-order chi connectivity index (χ1) is 20.3. The summed E-state index contributed by atoms with van der Waals surface area (Å²) in [6.07, 6.45) is 1.59. The Morgan fingerprint density at radius 2 is 1.33 bits per heavy atom. The predicted octanol–water partition coefficient (Wildman–Crippen LogP) is 7.63. The van der Waals surface area contributed by atoms with E-state index in [0.717, 1.165) is 9.13 Å². The van der Waals surface area contributed by atoms with Gasteiger partial charge in [0.1, 0.15) is 12.2 Å². The second-order valence-electron chi connectivity index (χ2n) is 9.84. The molecule has 2 amide bonds. The van der Waals surface area contributed by atoms with E-state index >= 15 is 0 Å². The van der Waals surface area contributed by atoms with Crippen molar-refractivity contribution in [2.75, 3.05) is 16.4 Å². The third kappa shape index (κ3) is 6.24. The molecule has 8 heteroatoms. The molecule has 0 radical (unpaired) electrons. The van der Waals surface area contributed by atoms with Crippen molar-refractivity contribution in [1.29, 1.82) is 0 Å². The first-order valence-corrected chi connectivity index (χ1v) is 15.0. The van der Waals surface area contributed by atoms with E-state index < -0.39 is 11.8 Å². The summed E-state index contributed by atoms with van der Waals surface area (Å²) in [5, 5.41) is 0.0965. The van der Waals surface area contributed by atoms with Gasteiger partial charge in [-0.2, -0.15) is 0 Å². The minimum Gasteiger partial charge on any atom is -0.490 e. The van der Waals surface area contributed by atoms with E-state index in [1.165, 1.54) is 20.9 Å². The number of hydrogen-bond acceptors (Lipinski definition) is 5. The highest BCUT2D eigenvalue weighted by molar-refractivity contribution is 14.1. The Balaban J connectivity index is 1.55. The van der Waals surface area contributed by atoms with Crippen LogP contribution in [0, 0.1) is 17.4 Å². The molecule has 0 N–H and O–H groups in total. The fraction of sp³-hybridized carbons (Fsp3) is 0.147. The highest BCUT2D eigenvalue weighted by Gasteiger charge is 2.41. The Morgan fingerprint density at radius 1 is 0.786 bits per heavy atom. The van der Waals surface area contributed by atoms with E-state index in [1.807, 2.05) is 49.4 Å². The zero-order chi connectivity index (χ0) is 29.8. The maximum atomic E-state index is 13.9. The van der Waals surface area contributed by atoms with Crippen molar-refractivity contribution in [1.82, 2.24) is 0 Å². The topological polar surface area (TPSA) is 59.1 Å². The van der Waals surface area contributed by atoms with Crippen molar-refractivity contribution in [3.63, 3.8) is 0 Å². The van der Waals surface area contributed by atoms with Crippen LogP contribution in [0.25, 0.3) is 6.08 Å². The molecule has 5 rings (SSSR count). The molecule has 212 valence electrons. The summed E-state index contributed by atoms with van der Waals surface area (Å²) >= 11 is 7.90. The summed E-state index contributed by atoms with van der Waals surface area (Å²) < 4.78 is 13.0. The highest BCUT2D eigenvalue weighted by atomic mass is 127. The smallest absolute Gasteiger partial charge is 0.270 e. The molecule has 1 saturated heterocycles. The molecule has 1 aliphatic heterocycles. The monoisotopic (exact) mass is 688 g/mol. The van der Waals surface area contributed by atoms with Gasteiger partial charge in [0.2, 0.25) is 0 Å². The van der Waals surface area contributed by atoms with E-state index in [0.29, 0.717) is 41.7 Å². The molecule has 1 fully saturated rings. The molecule has 42 heavy (non-hydrogen) atoms. The van der Waals surface area contributed by atoms with Crippen molar-refractivity contribution in [2.24, 2.45) is 0 Å². The van der Waals surface area contributed by atoms with Gasteiger partial charge in [-0.05, 0) is 109 Å². The molecule has 1 aliphatic rings. The lowest BCUT2D eigenvalue weighted by Crippen LogP contribution is -2.56. The van der Waals surface area contributed by atoms with E-state index in [1.54, 1.807) is 36.4 Å². The van der Waals surface area contributed by atoms with Gasteiger partial charge in [0.05, 0.1) is 21.6 Å². The van der Waals surface area contributed by atoms with E-state index in [4.69, 9.17) is 21.7 Å². The van der Waals surface area contributed by atoms with Crippen molar-refractivity contribution >= 4 is 69.2 Å². The Bertz CT molecular complexity index is 1610. The van der Waals surface area contributed by atoms with Crippen LogP contribution in [0.3, 0.4) is 0 Å². The van der Waals surface area contributed by atoms with Gasteiger partial charge < -0.3 is 9.47 Å². The van der Waals surface area contributed by atoms with Gasteiger partial charge in [-0.1, -0.05) is 65.7 Å². The van der Waals surface area contributed by atoms with Crippen LogP contribution in [-0.4, -0.2) is 23.5 Å². The number of benzene rings is 4. The molecule has 4 aromatic rings. The lowest BCUT2D eigenvalue weighted by Gasteiger charge is -2.36. The lowest BCUT2D eigenvalue weighted by atomic mass is 10.0. The molecular formula is C34H29IN2O4S. The number of nitrogens with zero attached hydrogens (tertiary/aromatic N) is 2. The zero-order valence-electron chi connectivity index (χ0n) is 23.5. The summed E-state index contributed by atoms with van der Waals surface area (Å²) in [6, 6.07) is 28.2. The number of thiocarbonyl (C=S) groups is 1. The zero-order valence-corrected chi connectivity index (χ0v) is 26.4. The van der Waals surface area contributed by atoms with Crippen molar-refractivity contribution in [2.45, 2.75) is 27.4 Å². The second-order valence-corrected chi connectivity index (χ2v) is 11.4. The summed E-state index contributed by atoms with van der Waals surface area (Å²) in [6.45, 7) is 6.83. The number of rotatable bonds is 8. The molecule has 0 spiro atoms. The van der Waals surface area contributed by atoms with E-state index in [2.05, 4.69) is 54.6 Å². The quantitative estimate of drug-likeness (QED) is 0.0825. The number of carbonyl (C=O) groups is 2. The number of ether oxygens (including phenoxy) is 2. The fourth-order valence-electron chi connectivity index (χ4n) is 4.89. The van der Waals surface area contributed by atoms with Gasteiger partial charge >= 0.3 is 0 Å². The second kappa shape index (κ2) is 12.9. The van der Waals surface area contributed by atoms with E-state index in [9.17, 15) is 9.59 Å². The molecule has 0 saturated carbocycles. The normalized spacial score (nSPS) is 13.4. The van der Waals surface area contributed by atoms with Crippen LogP contribution in [0.15, 0.2) is 96.6 Å². The molecule has 4 aromatic carbocycles. The van der Waals surface area contributed by atoms with Crippen LogP contribution in [0.1, 0.15) is 29.2 Å². The molecule has 0 aromatic heterocycles. The van der Waals surface area contributed by atoms with Crippen LogP contribution in [0.5, 0.6) is 11.5 Å². The van der Waals surface area contributed by atoms with Crippen LogP contribution < -0.4 is 19.3 Å². The Labute approximate surface area is 264 Å². The predicted molar refractivity (Wildman–Crippen MR) is 179 cm³/mol. The SMILES string of the molecule is CCOc1cc(C=C2C(=O)N(c3ccccc3)C(=S)N(c3ccccc3)C2=O)cc(I)c1OCc1cc(C)cc(C)c1. The van der Waals surface area contributed by atoms with Crippen LogP contribution in [0.4, 0.5) is 11.4 Å². The van der Waals surface area contributed by atoms with E-state index in [-0.39, 0.29) is 10.7 Å². The van der Waals surface area contributed by atoms with Gasteiger partial charge in [0, 0.05) is 0 Å². The highest BCUT2D eigenvalue weighted by Crippen LogP contribution is 2.37. The summed E-state index contributed by atoms with van der Waals surface area (Å²) in [5.74, 6) is 0.155. The van der Waals surface area contributed by atoms with Crippen molar-refractivity contribution in [3.8, 4) is 11.5 Å². The maximum Gasteiger partial charge on any atom is 0.270 e. The fourth-order valence-corrected chi connectivity index (χ4v) is 6.05. The standard InChI is InChI=1S/C34H29IN2O4S/c1-4-40-30-20-24(19-29(35)31(30)41-21-25-16-22(2)15-23(3)17-25)18-28-32(38)36(26-11-7-5-8-12-26)34(42)37(33(28)39)27-13-9-6-10-14-27/h5-20H,4,21H2,1-3H3. The third-order valence-electron chi connectivity index (χ3n) is 6.59. The first-order valence-electron chi connectivity index (χ1n) is 13.5. The third-order valence-corrected chi connectivity index (χ3v) is 7.75. The number of aryl methyl sites for hydroxylation is 2. The molecule has 0 unspecified atom stereocenters. The van der Waals surface area contributed by atoms with Gasteiger partial charge in [-0.3, -0.25) is 19.4 Å². The van der Waals surface area contributed by atoms with Crippen molar-refractivity contribution < 1.29 is 19.1 Å². The average molecular weight is 689 g/mol. The number of hydrogen-bond donors (Lipinski definition) is 0. The molecule has 6 nitrogen and oxygen atoms in total. The van der Waals surface area contributed by atoms with Gasteiger partial charge in [0.25, 0.3) is 11.8 Å². The lowest BCUT2D eigenvalue weighted by molar-refractivity contribution is -0.120. The first kappa shape index (κ1) is 29.5. The van der Waals surface area contributed by atoms with Crippen LogP contribution >= 0.6 is 34.8 Å². The summed E-state index contributed by atoms with van der Waals surface area (Å²) in [5.41, 5.74) is 5.17. The molecule has 1 heterocycles. The van der Waals surface area contributed by atoms with Gasteiger partial charge in [-0.15, -0.1) is 0 Å². The van der Waals surface area contributed by atoms with Gasteiger partial charge in [-0.25, -0.2) is 0 Å². The summed E-state index contributed by atoms with van der Waals surface area (Å²) in [4.78, 5) is 30.5. The molecule has 0 bridgehead atoms. The number of carbonyl (C=O) groups excluding carboxylic acids is 2. The summed E-state index contributed by atoms with van der Waals surface area (Å²) in [7, 11) is 0. The average Bonchev–Trinajstić information content (AvgIpc) is 2.96. The molecule has 0 aliphatic carbocycles. The Morgan fingerprint density at radius 3 is 1.86 bits per heavy atom.